The van der Waals surface area contributed by atoms with Gasteiger partial charge in [0.2, 0.25) is 0 Å². The van der Waals surface area contributed by atoms with Crippen LogP contribution in [0.2, 0.25) is 0 Å². The first-order valence-electron chi connectivity index (χ1n) is 23.2. The highest BCUT2D eigenvalue weighted by Crippen LogP contribution is 2.57. The SMILES string of the molecule is CC(C)(C)c1ccc(N2c3cc(C(C)(C)C)cc4c3B(c3cc(C(C)(C)C)ccc3N4c3ccc(C(C)(C)C)cc3-c3ccccc3)c3sc4c(c32)C(C)(C)CCC4(C)C)cc1. The lowest BCUT2D eigenvalue weighted by Crippen LogP contribution is -2.61. The molecule has 62 heavy (non-hydrogen) atoms. The zero-order chi connectivity index (χ0) is 44.7. The fourth-order valence-corrected chi connectivity index (χ4v) is 12.1. The van der Waals surface area contributed by atoms with Crippen molar-refractivity contribution in [2.75, 3.05) is 9.80 Å². The van der Waals surface area contributed by atoms with E-state index >= 15 is 0 Å². The topological polar surface area (TPSA) is 6.48 Å². The molecule has 1 aliphatic carbocycles. The molecule has 2 aliphatic heterocycles. The predicted molar refractivity (Wildman–Crippen MR) is 274 cm³/mol. The van der Waals surface area contributed by atoms with Crippen molar-refractivity contribution in [2.45, 2.75) is 156 Å². The summed E-state index contributed by atoms with van der Waals surface area (Å²) in [5, 5.41) is 0. The van der Waals surface area contributed by atoms with Gasteiger partial charge in [-0.2, -0.15) is 11.3 Å². The first-order valence-corrected chi connectivity index (χ1v) is 24.0. The second-order valence-electron chi connectivity index (χ2n) is 24.2. The molecule has 0 spiro atoms. The highest BCUT2D eigenvalue weighted by molar-refractivity contribution is 7.29. The van der Waals surface area contributed by atoms with Crippen LogP contribution in [0.25, 0.3) is 11.1 Å². The maximum atomic E-state index is 2.72. The lowest BCUT2D eigenvalue weighted by atomic mass is 9.35. The van der Waals surface area contributed by atoms with Crippen molar-refractivity contribution in [3.63, 3.8) is 0 Å². The Morgan fingerprint density at radius 1 is 0.500 bits per heavy atom. The summed E-state index contributed by atoms with van der Waals surface area (Å²) in [6, 6.07) is 40.6. The quantitative estimate of drug-likeness (QED) is 0.164. The van der Waals surface area contributed by atoms with Crippen LogP contribution in [0.3, 0.4) is 0 Å². The fourth-order valence-electron chi connectivity index (χ4n) is 10.4. The molecule has 0 amide bonds. The molecule has 0 radical (unpaired) electrons. The van der Waals surface area contributed by atoms with Gasteiger partial charge in [0.15, 0.2) is 0 Å². The predicted octanol–water partition coefficient (Wildman–Crippen LogP) is 15.0. The van der Waals surface area contributed by atoms with Gasteiger partial charge in [-0.25, -0.2) is 0 Å². The Hall–Kier alpha value is -4.54. The molecule has 0 unspecified atom stereocenters. The third-order valence-corrected chi connectivity index (χ3v) is 16.1. The third kappa shape index (κ3) is 6.90. The van der Waals surface area contributed by atoms with Gasteiger partial charge in [0.25, 0.3) is 6.71 Å². The van der Waals surface area contributed by atoms with E-state index in [1.54, 1.807) is 10.4 Å². The lowest BCUT2D eigenvalue weighted by Gasteiger charge is -2.46. The van der Waals surface area contributed by atoms with Gasteiger partial charge in [0.05, 0.1) is 11.4 Å². The van der Waals surface area contributed by atoms with Crippen molar-refractivity contribution in [3.05, 3.63) is 136 Å². The van der Waals surface area contributed by atoms with Crippen molar-refractivity contribution in [3.8, 4) is 11.1 Å². The van der Waals surface area contributed by atoms with Gasteiger partial charge in [-0.15, -0.1) is 0 Å². The Kier molecular flexibility index (Phi) is 9.64. The van der Waals surface area contributed by atoms with Crippen LogP contribution in [-0.2, 0) is 32.5 Å². The van der Waals surface area contributed by atoms with Crippen LogP contribution in [0.4, 0.5) is 34.1 Å². The molecule has 5 aromatic carbocycles. The number of benzene rings is 5. The van der Waals surface area contributed by atoms with Crippen molar-refractivity contribution in [1.82, 2.24) is 0 Å². The Bertz CT molecular complexity index is 2720. The Labute approximate surface area is 378 Å². The summed E-state index contributed by atoms with van der Waals surface area (Å²) >= 11 is 2.12. The van der Waals surface area contributed by atoms with E-state index in [2.05, 4.69) is 235 Å². The zero-order valence-electron chi connectivity index (χ0n) is 40.6. The average molecular weight is 837 g/mol. The number of fused-ring (bicyclic) bond motifs is 6. The van der Waals surface area contributed by atoms with Crippen LogP contribution in [0, 0.1) is 0 Å². The second kappa shape index (κ2) is 14.0. The van der Waals surface area contributed by atoms with Crippen molar-refractivity contribution in [1.29, 1.82) is 0 Å². The zero-order valence-corrected chi connectivity index (χ0v) is 41.4. The summed E-state index contributed by atoms with van der Waals surface area (Å²) in [5.74, 6) is 0. The molecule has 0 N–H and O–H groups in total. The van der Waals surface area contributed by atoms with E-state index in [4.69, 9.17) is 0 Å². The van der Waals surface area contributed by atoms with E-state index in [0.29, 0.717) is 0 Å². The summed E-state index contributed by atoms with van der Waals surface area (Å²) in [4.78, 5) is 6.96. The van der Waals surface area contributed by atoms with Crippen LogP contribution >= 0.6 is 11.3 Å². The van der Waals surface area contributed by atoms with Gasteiger partial charge < -0.3 is 9.80 Å². The van der Waals surface area contributed by atoms with E-state index in [-0.39, 0.29) is 39.2 Å². The van der Waals surface area contributed by atoms with Gasteiger partial charge >= 0.3 is 0 Å². The molecule has 6 aromatic rings. The molecule has 0 atom stereocenters. The minimum atomic E-state index is -0.0984. The Morgan fingerprint density at radius 3 is 1.60 bits per heavy atom. The highest BCUT2D eigenvalue weighted by Gasteiger charge is 2.51. The van der Waals surface area contributed by atoms with E-state index in [0.717, 1.165) is 0 Å². The molecular formula is C58H69BN2S. The first-order chi connectivity index (χ1) is 28.8. The van der Waals surface area contributed by atoms with Gasteiger partial charge in [0, 0.05) is 38.0 Å². The van der Waals surface area contributed by atoms with E-state index in [9.17, 15) is 0 Å². The molecule has 4 heteroatoms. The fraction of sp³-hybridized carbons (Fsp3) is 0.414. The Balaban J connectivity index is 1.46. The summed E-state index contributed by atoms with van der Waals surface area (Å²) < 4.78 is 1.49. The van der Waals surface area contributed by atoms with Crippen LogP contribution in [-0.4, -0.2) is 6.71 Å². The summed E-state index contributed by atoms with van der Waals surface area (Å²) in [6.45, 7) is 38.3. The minimum absolute atomic E-state index is 0.000828. The summed E-state index contributed by atoms with van der Waals surface area (Å²) in [7, 11) is 0. The van der Waals surface area contributed by atoms with E-state index in [1.807, 2.05) is 0 Å². The van der Waals surface area contributed by atoms with Crippen molar-refractivity contribution in [2.24, 2.45) is 0 Å². The number of rotatable bonds is 3. The second-order valence-corrected chi connectivity index (χ2v) is 25.3. The van der Waals surface area contributed by atoms with Crippen molar-refractivity contribution >= 4 is 67.9 Å². The van der Waals surface area contributed by atoms with Gasteiger partial charge in [-0.3, -0.25) is 0 Å². The van der Waals surface area contributed by atoms with Crippen LogP contribution in [0.5, 0.6) is 0 Å². The molecule has 0 fully saturated rings. The lowest BCUT2D eigenvalue weighted by molar-refractivity contribution is 0.339. The van der Waals surface area contributed by atoms with E-state index < -0.39 is 0 Å². The number of hydrogen-bond donors (Lipinski definition) is 0. The number of thiophene rings is 1. The molecule has 1 aromatic heterocycles. The number of anilines is 6. The summed E-state index contributed by atoms with van der Waals surface area (Å²) in [5.41, 5.74) is 20.1. The maximum Gasteiger partial charge on any atom is 0.264 e. The van der Waals surface area contributed by atoms with Crippen LogP contribution < -0.4 is 25.5 Å². The monoisotopic (exact) mass is 837 g/mol. The molecule has 0 saturated carbocycles. The Morgan fingerprint density at radius 2 is 1.02 bits per heavy atom. The number of nitrogens with zero attached hydrogens (tertiary/aromatic N) is 2. The summed E-state index contributed by atoms with van der Waals surface area (Å²) in [6.07, 6.45) is 2.36. The molecule has 3 heterocycles. The van der Waals surface area contributed by atoms with Crippen LogP contribution in [0.15, 0.2) is 103 Å². The standard InChI is InChI=1S/C58H69BN2S/c1-53(2,3)37-22-26-41(27-23-37)60-46-34-40(56(10,11)12)35-47-49(46)59(52-50(60)48-51(62-52)58(15,16)31-30-57(48,13)14)43-33-39(55(7,8)9)25-29-45(43)61(47)44-28-24-38(54(4,5)6)32-42(44)36-20-18-17-19-21-36/h17-29,32-35H,30-31H2,1-16H3. The van der Waals surface area contributed by atoms with Gasteiger partial charge in [-0.05, 0) is 132 Å². The maximum absolute atomic E-state index is 2.72. The molecular weight excluding hydrogens is 768 g/mol. The molecule has 0 saturated heterocycles. The normalized spacial score (nSPS) is 16.7. The largest absolute Gasteiger partial charge is 0.311 e. The minimum Gasteiger partial charge on any atom is -0.311 e. The molecule has 320 valence electrons. The first kappa shape index (κ1) is 42.8. The smallest absolute Gasteiger partial charge is 0.264 e. The molecule has 0 bridgehead atoms. The molecule has 2 nitrogen and oxygen atoms in total. The van der Waals surface area contributed by atoms with Crippen molar-refractivity contribution < 1.29 is 0 Å². The van der Waals surface area contributed by atoms with Crippen LogP contribution in [0.1, 0.15) is 156 Å². The third-order valence-electron chi connectivity index (χ3n) is 14.5. The average Bonchev–Trinajstić information content (AvgIpc) is 3.61. The number of hydrogen-bond acceptors (Lipinski definition) is 3. The van der Waals surface area contributed by atoms with E-state index in [1.165, 1.54) is 96.0 Å². The van der Waals surface area contributed by atoms with Gasteiger partial charge in [-0.1, -0.05) is 171 Å². The molecule has 9 rings (SSSR count). The highest BCUT2D eigenvalue weighted by atomic mass is 32.1. The van der Waals surface area contributed by atoms with Gasteiger partial charge in [0.1, 0.15) is 0 Å². The molecule has 3 aliphatic rings.